The van der Waals surface area contributed by atoms with Crippen LogP contribution in [-0.2, 0) is 9.59 Å². The van der Waals surface area contributed by atoms with Crippen molar-refractivity contribution < 1.29 is 9.59 Å². The normalized spacial score (nSPS) is 42.1. The van der Waals surface area contributed by atoms with Gasteiger partial charge in [0, 0.05) is 6.04 Å². The summed E-state index contributed by atoms with van der Waals surface area (Å²) in [7, 11) is 0. The highest BCUT2D eigenvalue weighted by Gasteiger charge is 2.54. The number of rotatable bonds is 2. The number of nitrogens with one attached hydrogen (secondary N) is 1. The van der Waals surface area contributed by atoms with Crippen LogP contribution < -0.4 is 5.32 Å². The molecule has 17 heavy (non-hydrogen) atoms. The highest BCUT2D eigenvalue weighted by molar-refractivity contribution is 5.98. The first kappa shape index (κ1) is 11.1. The topological polar surface area (TPSA) is 49.4 Å². The Labute approximate surface area is 102 Å². The van der Waals surface area contributed by atoms with E-state index in [4.69, 9.17) is 0 Å². The van der Waals surface area contributed by atoms with Crippen molar-refractivity contribution in [2.75, 3.05) is 6.54 Å². The summed E-state index contributed by atoms with van der Waals surface area (Å²) in [6.07, 6.45) is 4.24. The molecule has 3 fully saturated rings. The highest BCUT2D eigenvalue weighted by atomic mass is 16.2. The summed E-state index contributed by atoms with van der Waals surface area (Å²) in [4.78, 5) is 26.1. The average Bonchev–Trinajstić information content (AvgIpc) is 3.02. The Kier molecular flexibility index (Phi) is 2.25. The predicted octanol–water partition coefficient (Wildman–Crippen LogP) is 0.912. The van der Waals surface area contributed by atoms with Gasteiger partial charge in [0.2, 0.25) is 11.8 Å². The first-order chi connectivity index (χ1) is 8.00. The lowest BCUT2D eigenvalue weighted by atomic mass is 9.79. The third kappa shape index (κ3) is 1.65. The second-order valence-electron chi connectivity index (χ2n) is 6.19. The minimum atomic E-state index is -0.617. The molecule has 1 heterocycles. The van der Waals surface area contributed by atoms with Crippen molar-refractivity contribution in [3.8, 4) is 0 Å². The van der Waals surface area contributed by atoms with Gasteiger partial charge in [-0.3, -0.25) is 9.59 Å². The maximum atomic E-state index is 12.5. The van der Waals surface area contributed by atoms with Gasteiger partial charge in [-0.25, -0.2) is 0 Å². The summed E-state index contributed by atoms with van der Waals surface area (Å²) in [5.74, 6) is 1.22. The molecule has 0 spiro atoms. The molecule has 1 aliphatic heterocycles. The Hall–Kier alpha value is -1.06. The Balaban J connectivity index is 1.80. The van der Waals surface area contributed by atoms with Gasteiger partial charge in [0.25, 0.3) is 0 Å². The fourth-order valence-electron chi connectivity index (χ4n) is 3.25. The van der Waals surface area contributed by atoms with Gasteiger partial charge in [0.05, 0.1) is 6.54 Å². The lowest BCUT2D eigenvalue weighted by molar-refractivity contribution is -0.155. The zero-order chi connectivity index (χ0) is 12.2. The molecule has 3 aliphatic rings. The molecule has 2 aliphatic carbocycles. The Morgan fingerprint density at radius 3 is 2.47 bits per heavy atom. The van der Waals surface area contributed by atoms with Crippen LogP contribution in [0.3, 0.4) is 0 Å². The van der Waals surface area contributed by atoms with E-state index in [1.807, 2.05) is 11.8 Å². The van der Waals surface area contributed by atoms with Gasteiger partial charge in [-0.2, -0.15) is 0 Å². The highest BCUT2D eigenvalue weighted by Crippen LogP contribution is 2.43. The minimum absolute atomic E-state index is 0.0125. The average molecular weight is 236 g/mol. The molecule has 1 atom stereocenters. The zero-order valence-corrected chi connectivity index (χ0v) is 10.5. The Morgan fingerprint density at radius 1 is 1.29 bits per heavy atom. The molecule has 0 aromatic carbocycles. The van der Waals surface area contributed by atoms with Gasteiger partial charge >= 0.3 is 0 Å². The third-order valence-electron chi connectivity index (χ3n) is 4.60. The zero-order valence-electron chi connectivity index (χ0n) is 10.5. The van der Waals surface area contributed by atoms with Gasteiger partial charge in [-0.15, -0.1) is 0 Å². The van der Waals surface area contributed by atoms with Crippen molar-refractivity contribution in [3.05, 3.63) is 0 Å². The van der Waals surface area contributed by atoms with E-state index in [1.54, 1.807) is 0 Å². The summed E-state index contributed by atoms with van der Waals surface area (Å²) in [6, 6.07) is 0.307. The van der Waals surface area contributed by atoms with E-state index in [9.17, 15) is 9.59 Å². The molecule has 0 aromatic heterocycles. The van der Waals surface area contributed by atoms with E-state index in [0.717, 1.165) is 25.7 Å². The second kappa shape index (κ2) is 3.47. The number of nitrogens with zero attached hydrogens (tertiary/aromatic N) is 1. The van der Waals surface area contributed by atoms with Crippen LogP contribution in [0.15, 0.2) is 0 Å². The van der Waals surface area contributed by atoms with Gasteiger partial charge in [-0.05, 0) is 44.4 Å². The molecule has 1 saturated heterocycles. The summed E-state index contributed by atoms with van der Waals surface area (Å²) in [6.45, 7) is 4.36. The third-order valence-corrected chi connectivity index (χ3v) is 4.60. The molecule has 94 valence electrons. The van der Waals surface area contributed by atoms with Gasteiger partial charge < -0.3 is 10.2 Å². The standard InChI is InChI=1S/C13H20N2O2/c1-8-5-10(6-8)15-7-11(16)14-13(2,12(15)17)9-3-4-9/h8-10H,3-7H2,1-2H3,(H,14,16). The number of hydrogen-bond acceptors (Lipinski definition) is 2. The molecular weight excluding hydrogens is 216 g/mol. The maximum Gasteiger partial charge on any atom is 0.249 e. The molecule has 3 rings (SSSR count). The van der Waals surface area contributed by atoms with Crippen molar-refractivity contribution in [1.82, 2.24) is 10.2 Å². The van der Waals surface area contributed by atoms with E-state index in [-0.39, 0.29) is 18.4 Å². The van der Waals surface area contributed by atoms with E-state index in [2.05, 4.69) is 12.2 Å². The molecule has 4 nitrogen and oxygen atoms in total. The first-order valence-electron chi connectivity index (χ1n) is 6.63. The fourth-order valence-corrected chi connectivity index (χ4v) is 3.25. The molecule has 1 unspecified atom stereocenters. The molecule has 0 radical (unpaired) electrons. The predicted molar refractivity (Wildman–Crippen MR) is 63.2 cm³/mol. The number of carbonyl (C=O) groups excluding carboxylic acids is 2. The van der Waals surface area contributed by atoms with Crippen LogP contribution in [0, 0.1) is 11.8 Å². The molecule has 4 heteroatoms. The van der Waals surface area contributed by atoms with Crippen LogP contribution in [0.5, 0.6) is 0 Å². The molecule has 0 aromatic rings. The van der Waals surface area contributed by atoms with Crippen LogP contribution in [0.1, 0.15) is 39.5 Å². The van der Waals surface area contributed by atoms with Crippen LogP contribution in [0.25, 0.3) is 0 Å². The van der Waals surface area contributed by atoms with Crippen molar-refractivity contribution in [2.24, 2.45) is 11.8 Å². The second-order valence-corrected chi connectivity index (χ2v) is 6.19. The quantitative estimate of drug-likeness (QED) is 0.775. The SMILES string of the molecule is CC1CC(N2CC(=O)NC(C)(C3CC3)C2=O)C1. The van der Waals surface area contributed by atoms with E-state index in [1.165, 1.54) is 0 Å². The number of carbonyl (C=O) groups is 2. The van der Waals surface area contributed by atoms with Crippen LogP contribution in [0.2, 0.25) is 0 Å². The fraction of sp³-hybridized carbons (Fsp3) is 0.846. The lowest BCUT2D eigenvalue weighted by Gasteiger charge is -2.48. The Morgan fingerprint density at radius 2 is 1.94 bits per heavy atom. The Bertz CT molecular complexity index is 372. The van der Waals surface area contributed by atoms with E-state index >= 15 is 0 Å². The smallest absolute Gasteiger partial charge is 0.249 e. The molecule has 2 amide bonds. The van der Waals surface area contributed by atoms with Crippen LogP contribution >= 0.6 is 0 Å². The van der Waals surface area contributed by atoms with Gasteiger partial charge in [0.15, 0.2) is 0 Å². The summed E-state index contributed by atoms with van der Waals surface area (Å²) < 4.78 is 0. The lowest BCUT2D eigenvalue weighted by Crippen LogP contribution is -2.69. The minimum Gasteiger partial charge on any atom is -0.340 e. The van der Waals surface area contributed by atoms with E-state index in [0.29, 0.717) is 17.9 Å². The molecular formula is C13H20N2O2. The monoisotopic (exact) mass is 236 g/mol. The van der Waals surface area contributed by atoms with Crippen LogP contribution in [-0.4, -0.2) is 34.8 Å². The van der Waals surface area contributed by atoms with Crippen molar-refractivity contribution in [3.63, 3.8) is 0 Å². The summed E-state index contributed by atoms with van der Waals surface area (Å²) in [5.41, 5.74) is -0.617. The first-order valence-corrected chi connectivity index (χ1v) is 6.63. The summed E-state index contributed by atoms with van der Waals surface area (Å²) in [5, 5.41) is 2.92. The molecule has 0 bridgehead atoms. The summed E-state index contributed by atoms with van der Waals surface area (Å²) >= 11 is 0. The van der Waals surface area contributed by atoms with E-state index < -0.39 is 5.54 Å². The van der Waals surface area contributed by atoms with Gasteiger partial charge in [-0.1, -0.05) is 6.92 Å². The van der Waals surface area contributed by atoms with Gasteiger partial charge in [0.1, 0.15) is 5.54 Å². The van der Waals surface area contributed by atoms with Crippen LogP contribution in [0.4, 0.5) is 0 Å². The van der Waals surface area contributed by atoms with Crippen molar-refractivity contribution in [1.29, 1.82) is 0 Å². The van der Waals surface area contributed by atoms with Crippen molar-refractivity contribution >= 4 is 11.8 Å². The largest absolute Gasteiger partial charge is 0.340 e. The number of piperazine rings is 1. The van der Waals surface area contributed by atoms with Crippen molar-refractivity contribution in [2.45, 2.75) is 51.1 Å². The number of amides is 2. The molecule has 2 saturated carbocycles. The molecule has 1 N–H and O–H groups in total. The number of hydrogen-bond donors (Lipinski definition) is 1. The maximum absolute atomic E-state index is 12.5.